The third-order valence-corrected chi connectivity index (χ3v) is 6.25. The van der Waals surface area contributed by atoms with E-state index in [-0.39, 0.29) is 6.42 Å². The molecular formula is C29H37N3O3. The second-order valence-corrected chi connectivity index (χ2v) is 10.3. The second kappa shape index (κ2) is 11.5. The molecule has 35 heavy (non-hydrogen) atoms. The normalized spacial score (nSPS) is 14.2. The predicted octanol–water partition coefficient (Wildman–Crippen LogP) is 5.07. The number of aliphatic hydroxyl groups is 1. The lowest BCUT2D eigenvalue weighted by Crippen LogP contribution is -2.54. The van der Waals surface area contributed by atoms with E-state index in [1.165, 1.54) is 4.90 Å². The van der Waals surface area contributed by atoms with E-state index in [0.29, 0.717) is 12.8 Å². The van der Waals surface area contributed by atoms with Gasteiger partial charge in [0.05, 0.1) is 11.8 Å². The Morgan fingerprint density at radius 1 is 0.971 bits per heavy atom. The fourth-order valence-electron chi connectivity index (χ4n) is 4.47. The first-order chi connectivity index (χ1) is 16.5. The van der Waals surface area contributed by atoms with Crippen LogP contribution in [0, 0.1) is 6.92 Å². The molecule has 0 radical (unpaired) electrons. The van der Waals surface area contributed by atoms with Crippen LogP contribution < -0.4 is 5.73 Å². The van der Waals surface area contributed by atoms with Gasteiger partial charge in [0.1, 0.15) is 0 Å². The van der Waals surface area contributed by atoms with Crippen LogP contribution in [0.3, 0.4) is 0 Å². The number of carbonyl (C=O) groups is 1. The summed E-state index contributed by atoms with van der Waals surface area (Å²) in [7, 11) is 0. The lowest BCUT2D eigenvalue weighted by atomic mass is 9.91. The maximum Gasteiger partial charge on any atom is 0.407 e. The molecule has 6 heteroatoms. The Bertz CT molecular complexity index is 1080. The quantitative estimate of drug-likeness (QED) is 0.401. The number of aromatic nitrogens is 1. The highest BCUT2D eigenvalue weighted by molar-refractivity contribution is 5.66. The van der Waals surface area contributed by atoms with Crippen LogP contribution in [0.25, 0.3) is 11.3 Å². The third-order valence-electron chi connectivity index (χ3n) is 6.25. The van der Waals surface area contributed by atoms with Crippen molar-refractivity contribution in [1.29, 1.82) is 0 Å². The number of aliphatic hydroxyl groups excluding tert-OH is 1. The van der Waals surface area contributed by atoms with Crippen LogP contribution in [-0.4, -0.2) is 49.9 Å². The van der Waals surface area contributed by atoms with Gasteiger partial charge in [-0.05, 0) is 69.7 Å². The summed E-state index contributed by atoms with van der Waals surface area (Å²) < 4.78 is 0. The van der Waals surface area contributed by atoms with Crippen LogP contribution in [0.5, 0.6) is 0 Å². The average molecular weight is 476 g/mol. The second-order valence-electron chi connectivity index (χ2n) is 10.3. The molecule has 3 atom stereocenters. The van der Waals surface area contributed by atoms with E-state index in [1.807, 2.05) is 101 Å². The van der Waals surface area contributed by atoms with Crippen molar-refractivity contribution in [3.05, 3.63) is 89.6 Å². The molecule has 4 N–H and O–H groups in total. The number of nitrogens with two attached hydrogens (primary N) is 1. The molecule has 0 saturated heterocycles. The molecule has 0 aliphatic carbocycles. The minimum Gasteiger partial charge on any atom is -0.465 e. The Morgan fingerprint density at radius 3 is 2.14 bits per heavy atom. The Morgan fingerprint density at radius 2 is 1.60 bits per heavy atom. The van der Waals surface area contributed by atoms with Crippen molar-refractivity contribution in [3.63, 3.8) is 0 Å². The molecular weight excluding hydrogens is 438 g/mol. The van der Waals surface area contributed by atoms with Crippen LogP contribution in [0.15, 0.2) is 72.9 Å². The van der Waals surface area contributed by atoms with E-state index in [4.69, 9.17) is 5.73 Å². The van der Waals surface area contributed by atoms with Crippen LogP contribution in [0.2, 0.25) is 0 Å². The summed E-state index contributed by atoms with van der Waals surface area (Å²) in [5.74, 6) is 0. The highest BCUT2D eigenvalue weighted by Crippen LogP contribution is 2.25. The fourth-order valence-corrected chi connectivity index (χ4v) is 4.47. The molecule has 6 nitrogen and oxygen atoms in total. The summed E-state index contributed by atoms with van der Waals surface area (Å²) in [6.45, 7) is 7.62. The summed E-state index contributed by atoms with van der Waals surface area (Å²) in [5, 5.41) is 21.0. The molecule has 3 aromatic rings. The van der Waals surface area contributed by atoms with Crippen molar-refractivity contribution in [1.82, 2.24) is 9.88 Å². The van der Waals surface area contributed by atoms with Crippen molar-refractivity contribution < 1.29 is 15.0 Å². The van der Waals surface area contributed by atoms with Crippen LogP contribution >= 0.6 is 0 Å². The van der Waals surface area contributed by atoms with Gasteiger partial charge in [-0.1, -0.05) is 60.7 Å². The number of carboxylic acid groups (broad SMARTS) is 1. The van der Waals surface area contributed by atoms with Crippen molar-refractivity contribution in [2.24, 2.45) is 5.73 Å². The number of rotatable bonds is 9. The molecule has 0 fully saturated rings. The zero-order valence-electron chi connectivity index (χ0n) is 21.1. The first-order valence-electron chi connectivity index (χ1n) is 12.1. The van der Waals surface area contributed by atoms with E-state index < -0.39 is 29.8 Å². The molecule has 0 spiro atoms. The molecule has 0 unspecified atom stereocenters. The lowest BCUT2D eigenvalue weighted by molar-refractivity contribution is 0.0389. The standard InChI is InChI=1S/C29H37N3O3/c1-20-10-15-26(31-19-20)23-13-11-22(12-14-23)17-25(30)27(33)18-24(16-21-8-6-5-7-9-21)32(28(34)35)29(2,3)4/h5-15,19,24-25,27,33H,16-18,30H2,1-4H3,(H,34,35)/t24-,25-,27-/m0/s1. The number of benzene rings is 2. The molecule has 0 saturated carbocycles. The fraction of sp³-hybridized carbons (Fsp3) is 0.379. The van der Waals surface area contributed by atoms with E-state index in [1.54, 1.807) is 0 Å². The van der Waals surface area contributed by atoms with E-state index >= 15 is 0 Å². The highest BCUT2D eigenvalue weighted by Gasteiger charge is 2.35. The monoisotopic (exact) mass is 475 g/mol. The van der Waals surface area contributed by atoms with Gasteiger partial charge in [0.2, 0.25) is 0 Å². The van der Waals surface area contributed by atoms with Crippen molar-refractivity contribution in [3.8, 4) is 11.3 Å². The van der Waals surface area contributed by atoms with Gasteiger partial charge < -0.3 is 20.8 Å². The zero-order chi connectivity index (χ0) is 25.6. The number of nitrogens with zero attached hydrogens (tertiary/aromatic N) is 2. The van der Waals surface area contributed by atoms with Crippen LogP contribution in [0.1, 0.15) is 43.9 Å². The van der Waals surface area contributed by atoms with E-state index in [2.05, 4.69) is 4.98 Å². The predicted molar refractivity (Wildman–Crippen MR) is 140 cm³/mol. The van der Waals surface area contributed by atoms with E-state index in [9.17, 15) is 15.0 Å². The number of aryl methyl sites for hydroxylation is 1. The van der Waals surface area contributed by atoms with Gasteiger partial charge in [-0.25, -0.2) is 4.79 Å². The maximum atomic E-state index is 12.2. The molecule has 0 aliphatic heterocycles. The summed E-state index contributed by atoms with van der Waals surface area (Å²) in [5.41, 5.74) is 10.9. The van der Waals surface area contributed by atoms with Crippen molar-refractivity contribution in [2.75, 3.05) is 0 Å². The van der Waals surface area contributed by atoms with Crippen molar-refractivity contribution in [2.45, 2.75) is 70.7 Å². The molecule has 1 amide bonds. The van der Waals surface area contributed by atoms with Gasteiger partial charge in [0.15, 0.2) is 0 Å². The van der Waals surface area contributed by atoms with Gasteiger partial charge in [0.25, 0.3) is 0 Å². The topological polar surface area (TPSA) is 99.7 Å². The van der Waals surface area contributed by atoms with Gasteiger partial charge >= 0.3 is 6.09 Å². The smallest absolute Gasteiger partial charge is 0.407 e. The molecule has 0 bridgehead atoms. The largest absolute Gasteiger partial charge is 0.465 e. The van der Waals surface area contributed by atoms with Crippen LogP contribution in [-0.2, 0) is 12.8 Å². The summed E-state index contributed by atoms with van der Waals surface area (Å²) in [6, 6.07) is 20.9. The summed E-state index contributed by atoms with van der Waals surface area (Å²) in [4.78, 5) is 18.1. The SMILES string of the molecule is Cc1ccc(-c2ccc(C[C@H](N)[C@@H](O)C[C@H](Cc3ccccc3)N(C(=O)O)C(C)(C)C)cc2)nc1. The summed E-state index contributed by atoms with van der Waals surface area (Å²) in [6.07, 6.45) is 1.24. The Balaban J connectivity index is 1.71. The molecule has 3 rings (SSSR count). The molecule has 1 aromatic heterocycles. The number of amides is 1. The molecule has 1 heterocycles. The highest BCUT2D eigenvalue weighted by atomic mass is 16.4. The van der Waals surface area contributed by atoms with Crippen LogP contribution in [0.4, 0.5) is 4.79 Å². The van der Waals surface area contributed by atoms with Gasteiger partial charge in [-0.3, -0.25) is 4.98 Å². The number of hydrogen-bond donors (Lipinski definition) is 3. The van der Waals surface area contributed by atoms with Crippen molar-refractivity contribution >= 4 is 6.09 Å². The minimum absolute atomic E-state index is 0.255. The zero-order valence-corrected chi connectivity index (χ0v) is 21.1. The molecule has 186 valence electrons. The summed E-state index contributed by atoms with van der Waals surface area (Å²) >= 11 is 0. The van der Waals surface area contributed by atoms with Gasteiger partial charge in [-0.15, -0.1) is 0 Å². The first kappa shape index (κ1) is 26.4. The van der Waals surface area contributed by atoms with Gasteiger partial charge in [-0.2, -0.15) is 0 Å². The Hall–Kier alpha value is -3.22. The molecule has 2 aromatic carbocycles. The maximum absolute atomic E-state index is 12.2. The Labute approximate surface area is 208 Å². The van der Waals surface area contributed by atoms with E-state index in [0.717, 1.165) is 27.9 Å². The number of hydrogen-bond acceptors (Lipinski definition) is 4. The minimum atomic E-state index is -1.00. The average Bonchev–Trinajstić information content (AvgIpc) is 2.79. The first-order valence-corrected chi connectivity index (χ1v) is 12.1. The Kier molecular flexibility index (Phi) is 8.65. The van der Waals surface area contributed by atoms with Gasteiger partial charge in [0, 0.05) is 29.4 Å². The lowest BCUT2D eigenvalue weighted by Gasteiger charge is -2.41. The third kappa shape index (κ3) is 7.38. The molecule has 0 aliphatic rings. The number of pyridine rings is 1.